The van der Waals surface area contributed by atoms with E-state index < -0.39 is 0 Å². The van der Waals surface area contributed by atoms with E-state index in [1.807, 2.05) is 6.92 Å². The van der Waals surface area contributed by atoms with Crippen molar-refractivity contribution in [3.63, 3.8) is 0 Å². The number of likely N-dealkylation sites (tertiary alicyclic amines) is 1. The normalized spacial score (nSPS) is 17.2. The second kappa shape index (κ2) is 8.28. The molecule has 2 amide bonds. The van der Waals surface area contributed by atoms with Crippen molar-refractivity contribution >= 4 is 11.8 Å². The molecule has 0 aliphatic carbocycles. The largest absolute Gasteiger partial charge is 0.340 e. The van der Waals surface area contributed by atoms with Crippen LogP contribution in [0.4, 0.5) is 4.39 Å². The van der Waals surface area contributed by atoms with Crippen molar-refractivity contribution in [1.82, 2.24) is 19.9 Å². The molecular formula is C19H23FN4O3. The summed E-state index contributed by atoms with van der Waals surface area (Å²) in [7, 11) is 0. The van der Waals surface area contributed by atoms with E-state index in [-0.39, 0.29) is 30.1 Å². The highest BCUT2D eigenvalue weighted by atomic mass is 19.1. The minimum atomic E-state index is -0.336. The Morgan fingerprint density at radius 3 is 2.93 bits per heavy atom. The van der Waals surface area contributed by atoms with E-state index >= 15 is 0 Å². The Balaban J connectivity index is 1.66. The third-order valence-corrected chi connectivity index (χ3v) is 4.71. The van der Waals surface area contributed by atoms with Crippen LogP contribution in [-0.4, -0.2) is 44.8 Å². The van der Waals surface area contributed by atoms with Gasteiger partial charge in [-0.15, -0.1) is 0 Å². The first-order valence-corrected chi connectivity index (χ1v) is 9.06. The molecule has 1 aromatic carbocycles. The highest BCUT2D eigenvalue weighted by Crippen LogP contribution is 2.22. The molecule has 0 radical (unpaired) electrons. The molecule has 0 N–H and O–H groups in total. The smallest absolute Gasteiger partial charge is 0.227 e. The average Bonchev–Trinajstić information content (AvgIpc) is 3.06. The Hall–Kier alpha value is -2.77. The Labute approximate surface area is 157 Å². The summed E-state index contributed by atoms with van der Waals surface area (Å²) in [5.74, 6) is 0.252. The van der Waals surface area contributed by atoms with E-state index in [2.05, 4.69) is 10.1 Å². The van der Waals surface area contributed by atoms with Crippen LogP contribution in [0, 0.1) is 18.7 Å². The summed E-state index contributed by atoms with van der Waals surface area (Å²) in [6, 6.07) is 6.18. The molecule has 3 rings (SSSR count). The van der Waals surface area contributed by atoms with E-state index in [1.54, 1.807) is 28.9 Å². The highest BCUT2D eigenvalue weighted by Gasteiger charge is 2.32. The molecule has 2 aromatic rings. The SMILES string of the molecule is CCN(Cc1noc(C)n1)C(=O)C1CCC(=O)N(Cc2cccc(F)c2)C1. The first-order valence-electron chi connectivity index (χ1n) is 9.06. The fourth-order valence-corrected chi connectivity index (χ4v) is 3.30. The van der Waals surface area contributed by atoms with Crippen molar-refractivity contribution < 1.29 is 18.5 Å². The first kappa shape index (κ1) is 19.0. The minimum Gasteiger partial charge on any atom is -0.340 e. The van der Waals surface area contributed by atoms with Crippen LogP contribution in [0.5, 0.6) is 0 Å². The summed E-state index contributed by atoms with van der Waals surface area (Å²) in [5.41, 5.74) is 0.714. The highest BCUT2D eigenvalue weighted by molar-refractivity contribution is 5.83. The van der Waals surface area contributed by atoms with Crippen LogP contribution in [-0.2, 0) is 22.7 Å². The van der Waals surface area contributed by atoms with Gasteiger partial charge in [0.15, 0.2) is 5.82 Å². The number of amides is 2. The topological polar surface area (TPSA) is 79.5 Å². The number of hydrogen-bond donors (Lipinski definition) is 0. The number of hydrogen-bond acceptors (Lipinski definition) is 5. The molecule has 1 aliphatic heterocycles. The van der Waals surface area contributed by atoms with Gasteiger partial charge in [0, 0.05) is 33.0 Å². The lowest BCUT2D eigenvalue weighted by molar-refractivity contribution is -0.143. The van der Waals surface area contributed by atoms with Crippen LogP contribution in [0.25, 0.3) is 0 Å². The molecule has 0 spiro atoms. The molecule has 1 unspecified atom stereocenters. The monoisotopic (exact) mass is 374 g/mol. The van der Waals surface area contributed by atoms with Gasteiger partial charge in [-0.2, -0.15) is 4.98 Å². The molecular weight excluding hydrogens is 351 g/mol. The molecule has 7 nitrogen and oxygen atoms in total. The van der Waals surface area contributed by atoms with Crippen molar-refractivity contribution in [2.24, 2.45) is 5.92 Å². The zero-order valence-electron chi connectivity index (χ0n) is 15.5. The maximum absolute atomic E-state index is 13.4. The second-order valence-electron chi connectivity index (χ2n) is 6.72. The van der Waals surface area contributed by atoms with Gasteiger partial charge in [0.1, 0.15) is 5.82 Å². The van der Waals surface area contributed by atoms with Gasteiger partial charge in [-0.3, -0.25) is 9.59 Å². The molecule has 1 saturated heterocycles. The lowest BCUT2D eigenvalue weighted by Gasteiger charge is -2.34. The average molecular weight is 374 g/mol. The third-order valence-electron chi connectivity index (χ3n) is 4.71. The molecule has 2 heterocycles. The lowest BCUT2D eigenvalue weighted by Crippen LogP contribution is -2.46. The fourth-order valence-electron chi connectivity index (χ4n) is 3.30. The summed E-state index contributed by atoms with van der Waals surface area (Å²) < 4.78 is 18.4. The van der Waals surface area contributed by atoms with Crippen molar-refractivity contribution in [2.75, 3.05) is 13.1 Å². The predicted octanol–water partition coefficient (Wildman–Crippen LogP) is 2.30. The van der Waals surface area contributed by atoms with Gasteiger partial charge >= 0.3 is 0 Å². The van der Waals surface area contributed by atoms with Crippen LogP contribution in [0.15, 0.2) is 28.8 Å². The Kier molecular flexibility index (Phi) is 5.83. The summed E-state index contributed by atoms with van der Waals surface area (Å²) in [4.78, 5) is 32.7. The third kappa shape index (κ3) is 4.69. The number of halogens is 1. The van der Waals surface area contributed by atoms with Gasteiger partial charge in [-0.05, 0) is 31.0 Å². The van der Waals surface area contributed by atoms with Crippen LogP contribution >= 0.6 is 0 Å². The van der Waals surface area contributed by atoms with Crippen LogP contribution < -0.4 is 0 Å². The van der Waals surface area contributed by atoms with Gasteiger partial charge in [-0.25, -0.2) is 4.39 Å². The minimum absolute atomic E-state index is 0.0137. The van der Waals surface area contributed by atoms with Gasteiger partial charge < -0.3 is 14.3 Å². The summed E-state index contributed by atoms with van der Waals surface area (Å²) in [5, 5.41) is 3.84. The number of benzene rings is 1. The molecule has 1 aromatic heterocycles. The van der Waals surface area contributed by atoms with Crippen molar-refractivity contribution in [2.45, 2.75) is 39.8 Å². The Morgan fingerprint density at radius 2 is 2.26 bits per heavy atom. The predicted molar refractivity (Wildman–Crippen MR) is 94.7 cm³/mol. The second-order valence-corrected chi connectivity index (χ2v) is 6.72. The zero-order chi connectivity index (χ0) is 19.4. The number of nitrogens with zero attached hydrogens (tertiary/aromatic N) is 4. The number of aryl methyl sites for hydroxylation is 1. The summed E-state index contributed by atoms with van der Waals surface area (Å²) >= 11 is 0. The summed E-state index contributed by atoms with van der Waals surface area (Å²) in [6.45, 7) is 5.02. The number of carbonyl (C=O) groups excluding carboxylic acids is 2. The molecule has 8 heteroatoms. The van der Waals surface area contributed by atoms with E-state index in [9.17, 15) is 14.0 Å². The van der Waals surface area contributed by atoms with Gasteiger partial charge in [0.25, 0.3) is 0 Å². The lowest BCUT2D eigenvalue weighted by atomic mass is 9.95. The summed E-state index contributed by atoms with van der Waals surface area (Å²) in [6.07, 6.45) is 0.823. The molecule has 0 saturated carbocycles. The maximum atomic E-state index is 13.4. The molecule has 1 aliphatic rings. The van der Waals surface area contributed by atoms with Crippen molar-refractivity contribution in [1.29, 1.82) is 0 Å². The number of rotatable bonds is 6. The maximum Gasteiger partial charge on any atom is 0.227 e. The Bertz CT molecular complexity index is 823. The first-order chi connectivity index (χ1) is 13.0. The standard InChI is InChI=1S/C19H23FN4O3/c1-3-23(12-17-21-13(2)27-22-17)19(26)15-7-8-18(25)24(11-15)10-14-5-4-6-16(20)9-14/h4-6,9,15H,3,7-8,10-12H2,1-2H3. The number of carbonyl (C=O) groups is 2. The number of aromatic nitrogens is 2. The van der Waals surface area contributed by atoms with E-state index in [0.717, 1.165) is 0 Å². The molecule has 27 heavy (non-hydrogen) atoms. The van der Waals surface area contributed by atoms with E-state index in [4.69, 9.17) is 4.52 Å². The van der Waals surface area contributed by atoms with Crippen molar-refractivity contribution in [3.8, 4) is 0 Å². The van der Waals surface area contributed by atoms with Gasteiger partial charge in [-0.1, -0.05) is 17.3 Å². The van der Waals surface area contributed by atoms with E-state index in [0.29, 0.717) is 49.8 Å². The van der Waals surface area contributed by atoms with Crippen molar-refractivity contribution in [3.05, 3.63) is 47.4 Å². The van der Waals surface area contributed by atoms with E-state index in [1.165, 1.54) is 12.1 Å². The molecule has 0 bridgehead atoms. The Morgan fingerprint density at radius 1 is 1.44 bits per heavy atom. The molecule has 1 fully saturated rings. The zero-order valence-corrected chi connectivity index (χ0v) is 15.5. The fraction of sp³-hybridized carbons (Fsp3) is 0.474. The van der Waals surface area contributed by atoms with Gasteiger partial charge in [0.05, 0.1) is 12.5 Å². The number of piperidine rings is 1. The molecule has 144 valence electrons. The van der Waals surface area contributed by atoms with Gasteiger partial charge in [0.2, 0.25) is 17.7 Å². The van der Waals surface area contributed by atoms with Crippen LogP contribution in [0.2, 0.25) is 0 Å². The quantitative estimate of drug-likeness (QED) is 0.775. The molecule has 1 atom stereocenters. The van der Waals surface area contributed by atoms with Crippen LogP contribution in [0.1, 0.15) is 37.0 Å². The van der Waals surface area contributed by atoms with Crippen LogP contribution in [0.3, 0.4) is 0 Å².